The van der Waals surface area contributed by atoms with E-state index in [-0.39, 0.29) is 0 Å². The number of anilines is 2. The number of aromatic nitrogens is 1. The number of nitrogens with two attached hydrogens (primary N) is 1. The number of hydrogen-bond acceptors (Lipinski definition) is 3. The Morgan fingerprint density at radius 3 is 2.69 bits per heavy atom. The Bertz CT molecular complexity index is 440. The summed E-state index contributed by atoms with van der Waals surface area (Å²) in [6.07, 6.45) is 2.69. The second-order valence-corrected chi connectivity index (χ2v) is 3.64. The zero-order valence-electron chi connectivity index (χ0n) is 9.06. The molecule has 82 valence electrons. The highest BCUT2D eigenvalue weighted by atomic mass is 15.0. The molecule has 2 rings (SSSR count). The molecular weight excluding hydrogens is 198 g/mol. The molecule has 0 spiro atoms. The predicted octanol–water partition coefficient (Wildman–Crippen LogP) is 2.32. The van der Waals surface area contributed by atoms with Gasteiger partial charge in [-0.15, -0.1) is 0 Å². The molecule has 3 heteroatoms. The number of pyridine rings is 1. The van der Waals surface area contributed by atoms with Crippen LogP contribution < -0.4 is 11.1 Å². The van der Waals surface area contributed by atoms with Gasteiger partial charge in [-0.05, 0) is 18.1 Å². The molecule has 3 nitrogen and oxygen atoms in total. The SMILES string of the molecule is Nc1ccnc(NCCc2ccccc2)c1. The van der Waals surface area contributed by atoms with Crippen molar-refractivity contribution in [3.05, 3.63) is 54.2 Å². The van der Waals surface area contributed by atoms with Crippen molar-refractivity contribution in [1.29, 1.82) is 0 Å². The Morgan fingerprint density at radius 2 is 1.94 bits per heavy atom. The fraction of sp³-hybridized carbons (Fsp3) is 0.154. The van der Waals surface area contributed by atoms with Crippen molar-refractivity contribution in [2.45, 2.75) is 6.42 Å². The van der Waals surface area contributed by atoms with Crippen molar-refractivity contribution in [1.82, 2.24) is 4.98 Å². The van der Waals surface area contributed by atoms with Crippen molar-refractivity contribution in [3.8, 4) is 0 Å². The van der Waals surface area contributed by atoms with Crippen LogP contribution >= 0.6 is 0 Å². The summed E-state index contributed by atoms with van der Waals surface area (Å²) in [7, 11) is 0. The second kappa shape index (κ2) is 5.16. The van der Waals surface area contributed by atoms with Crippen LogP contribution in [0.25, 0.3) is 0 Å². The Hall–Kier alpha value is -2.03. The number of rotatable bonds is 4. The molecule has 0 amide bonds. The van der Waals surface area contributed by atoms with Gasteiger partial charge in [-0.3, -0.25) is 0 Å². The average Bonchev–Trinajstić information content (AvgIpc) is 2.30. The number of nitrogens with zero attached hydrogens (tertiary/aromatic N) is 1. The lowest BCUT2D eigenvalue weighted by Crippen LogP contribution is -2.06. The van der Waals surface area contributed by atoms with Crippen LogP contribution in [0.4, 0.5) is 11.5 Å². The molecule has 0 fully saturated rings. The normalized spacial score (nSPS) is 10.0. The molecule has 3 N–H and O–H groups in total. The number of nitrogens with one attached hydrogen (secondary N) is 1. The van der Waals surface area contributed by atoms with Crippen LogP contribution in [0.15, 0.2) is 48.7 Å². The second-order valence-electron chi connectivity index (χ2n) is 3.64. The summed E-state index contributed by atoms with van der Waals surface area (Å²) in [5.41, 5.74) is 7.71. The van der Waals surface area contributed by atoms with Crippen molar-refractivity contribution in [3.63, 3.8) is 0 Å². The van der Waals surface area contributed by atoms with Gasteiger partial charge in [0.05, 0.1) is 0 Å². The van der Waals surface area contributed by atoms with Gasteiger partial charge in [0.25, 0.3) is 0 Å². The van der Waals surface area contributed by atoms with Crippen molar-refractivity contribution < 1.29 is 0 Å². The summed E-state index contributed by atoms with van der Waals surface area (Å²) in [4.78, 5) is 4.18. The van der Waals surface area contributed by atoms with Crippen LogP contribution in [-0.4, -0.2) is 11.5 Å². The first-order chi connectivity index (χ1) is 7.84. The molecule has 1 aromatic carbocycles. The molecule has 0 radical (unpaired) electrons. The Kier molecular flexibility index (Phi) is 3.38. The molecule has 0 bridgehead atoms. The fourth-order valence-electron chi connectivity index (χ4n) is 1.52. The highest BCUT2D eigenvalue weighted by Gasteiger charge is 1.94. The molecule has 2 aromatic rings. The molecule has 0 saturated heterocycles. The van der Waals surface area contributed by atoms with E-state index >= 15 is 0 Å². The maximum Gasteiger partial charge on any atom is 0.127 e. The molecule has 1 aromatic heterocycles. The minimum atomic E-state index is 0.734. The Balaban J connectivity index is 1.85. The van der Waals surface area contributed by atoms with Gasteiger partial charge in [-0.1, -0.05) is 30.3 Å². The molecule has 0 aliphatic heterocycles. The number of hydrogen-bond donors (Lipinski definition) is 2. The van der Waals surface area contributed by atoms with Crippen molar-refractivity contribution in [2.75, 3.05) is 17.6 Å². The average molecular weight is 213 g/mol. The minimum Gasteiger partial charge on any atom is -0.399 e. The van der Waals surface area contributed by atoms with Crippen LogP contribution in [0.3, 0.4) is 0 Å². The van der Waals surface area contributed by atoms with E-state index in [4.69, 9.17) is 5.73 Å². The van der Waals surface area contributed by atoms with Crippen LogP contribution in [0.2, 0.25) is 0 Å². The largest absolute Gasteiger partial charge is 0.399 e. The van der Waals surface area contributed by atoms with Crippen LogP contribution in [0, 0.1) is 0 Å². The third-order valence-electron chi connectivity index (χ3n) is 2.35. The van der Waals surface area contributed by atoms with Crippen LogP contribution in [-0.2, 0) is 6.42 Å². The first-order valence-corrected chi connectivity index (χ1v) is 5.34. The lowest BCUT2D eigenvalue weighted by molar-refractivity contribution is 1.01. The molecule has 0 aliphatic rings. The zero-order valence-corrected chi connectivity index (χ0v) is 9.06. The summed E-state index contributed by atoms with van der Waals surface area (Å²) in [5.74, 6) is 0.830. The van der Waals surface area contributed by atoms with E-state index in [1.54, 1.807) is 12.3 Å². The predicted molar refractivity (Wildman–Crippen MR) is 67.3 cm³/mol. The van der Waals surface area contributed by atoms with Gasteiger partial charge in [0.2, 0.25) is 0 Å². The minimum absolute atomic E-state index is 0.734. The van der Waals surface area contributed by atoms with E-state index in [2.05, 4.69) is 22.4 Å². The number of nitrogen functional groups attached to an aromatic ring is 1. The Morgan fingerprint density at radius 1 is 1.12 bits per heavy atom. The van der Waals surface area contributed by atoms with Gasteiger partial charge in [-0.2, -0.15) is 0 Å². The molecule has 0 saturated carbocycles. The fourth-order valence-corrected chi connectivity index (χ4v) is 1.52. The summed E-state index contributed by atoms with van der Waals surface area (Å²) in [5, 5.41) is 3.24. The van der Waals surface area contributed by atoms with Gasteiger partial charge in [0, 0.05) is 24.5 Å². The molecule has 1 heterocycles. The maximum absolute atomic E-state index is 5.66. The third-order valence-corrected chi connectivity index (χ3v) is 2.35. The molecule has 0 atom stereocenters. The van der Waals surface area contributed by atoms with Crippen LogP contribution in [0.5, 0.6) is 0 Å². The van der Waals surface area contributed by atoms with Gasteiger partial charge >= 0.3 is 0 Å². The summed E-state index contributed by atoms with van der Waals surface area (Å²) >= 11 is 0. The summed E-state index contributed by atoms with van der Waals surface area (Å²) in [6.45, 7) is 0.862. The number of benzene rings is 1. The maximum atomic E-state index is 5.66. The van der Waals surface area contributed by atoms with Gasteiger partial charge < -0.3 is 11.1 Å². The Labute approximate surface area is 95.3 Å². The van der Waals surface area contributed by atoms with E-state index in [0.29, 0.717) is 0 Å². The standard InChI is InChI=1S/C13H15N3/c14-12-7-9-16-13(10-12)15-8-6-11-4-2-1-3-5-11/h1-5,7,9-10H,6,8H2,(H3,14,15,16). The molecular formula is C13H15N3. The van der Waals surface area contributed by atoms with Crippen LogP contribution in [0.1, 0.15) is 5.56 Å². The van der Waals surface area contributed by atoms with Crippen molar-refractivity contribution in [2.24, 2.45) is 0 Å². The zero-order chi connectivity index (χ0) is 11.2. The van der Waals surface area contributed by atoms with E-state index < -0.39 is 0 Å². The van der Waals surface area contributed by atoms with E-state index in [1.165, 1.54) is 5.56 Å². The quantitative estimate of drug-likeness (QED) is 0.819. The summed E-state index contributed by atoms with van der Waals surface area (Å²) < 4.78 is 0. The van der Waals surface area contributed by atoms with E-state index in [0.717, 1.165) is 24.5 Å². The highest BCUT2D eigenvalue weighted by molar-refractivity contribution is 5.48. The topological polar surface area (TPSA) is 50.9 Å². The summed E-state index contributed by atoms with van der Waals surface area (Å²) in [6, 6.07) is 14.0. The van der Waals surface area contributed by atoms with Gasteiger partial charge in [0.15, 0.2) is 0 Å². The highest BCUT2D eigenvalue weighted by Crippen LogP contribution is 2.08. The first kappa shape index (κ1) is 10.5. The third kappa shape index (κ3) is 2.98. The van der Waals surface area contributed by atoms with E-state index in [1.807, 2.05) is 24.3 Å². The molecule has 0 unspecified atom stereocenters. The van der Waals surface area contributed by atoms with Gasteiger partial charge in [-0.25, -0.2) is 4.98 Å². The first-order valence-electron chi connectivity index (χ1n) is 5.34. The van der Waals surface area contributed by atoms with Crippen molar-refractivity contribution >= 4 is 11.5 Å². The lowest BCUT2D eigenvalue weighted by Gasteiger charge is -2.05. The molecule has 16 heavy (non-hydrogen) atoms. The monoisotopic (exact) mass is 213 g/mol. The van der Waals surface area contributed by atoms with Gasteiger partial charge in [0.1, 0.15) is 5.82 Å². The van der Waals surface area contributed by atoms with E-state index in [9.17, 15) is 0 Å². The molecule has 0 aliphatic carbocycles. The lowest BCUT2D eigenvalue weighted by atomic mass is 10.1. The smallest absolute Gasteiger partial charge is 0.127 e.